The van der Waals surface area contributed by atoms with E-state index in [0.29, 0.717) is 16.1 Å². The summed E-state index contributed by atoms with van der Waals surface area (Å²) in [6.07, 6.45) is 2.83. The molecule has 0 amide bonds. The summed E-state index contributed by atoms with van der Waals surface area (Å²) in [4.78, 5) is 12.0. The van der Waals surface area contributed by atoms with Crippen LogP contribution < -0.4 is 9.47 Å². The SMILES string of the molecule is COc1ccc(/C=C/C(=O)c2cccc(Cl)c2)cc1OC(F)F. The molecule has 2 aromatic rings. The summed E-state index contributed by atoms with van der Waals surface area (Å²) in [5.41, 5.74) is 0.961. The molecule has 120 valence electrons. The van der Waals surface area contributed by atoms with Gasteiger partial charge < -0.3 is 9.47 Å². The third-order valence-electron chi connectivity index (χ3n) is 2.94. The van der Waals surface area contributed by atoms with Crippen LogP contribution in [0.3, 0.4) is 0 Å². The molecule has 3 nitrogen and oxygen atoms in total. The van der Waals surface area contributed by atoms with Gasteiger partial charge in [0.05, 0.1) is 7.11 Å². The molecule has 0 saturated heterocycles. The molecule has 0 fully saturated rings. The van der Waals surface area contributed by atoms with E-state index in [0.717, 1.165) is 0 Å². The first kappa shape index (κ1) is 17.0. The molecule has 0 aromatic heterocycles. The zero-order valence-corrected chi connectivity index (χ0v) is 12.9. The Bertz CT molecular complexity index is 730. The fraction of sp³-hybridized carbons (Fsp3) is 0.118. The number of hydrogen-bond acceptors (Lipinski definition) is 3. The summed E-state index contributed by atoms with van der Waals surface area (Å²) in [7, 11) is 1.35. The average molecular weight is 339 g/mol. The topological polar surface area (TPSA) is 35.5 Å². The highest BCUT2D eigenvalue weighted by Gasteiger charge is 2.10. The summed E-state index contributed by atoms with van der Waals surface area (Å²) in [5, 5.41) is 0.460. The Morgan fingerprint density at radius 3 is 2.61 bits per heavy atom. The fourth-order valence-corrected chi connectivity index (χ4v) is 2.09. The minimum atomic E-state index is -2.96. The maximum atomic E-state index is 12.4. The van der Waals surface area contributed by atoms with Crippen molar-refractivity contribution in [2.24, 2.45) is 0 Å². The number of halogens is 3. The zero-order valence-electron chi connectivity index (χ0n) is 12.1. The van der Waals surface area contributed by atoms with E-state index in [4.69, 9.17) is 16.3 Å². The number of ketones is 1. The quantitative estimate of drug-likeness (QED) is 0.558. The smallest absolute Gasteiger partial charge is 0.387 e. The standard InChI is InChI=1S/C17H13ClF2O3/c1-22-15-8-6-11(9-16(15)23-17(19)20)5-7-14(21)12-3-2-4-13(18)10-12/h2-10,17H,1H3/b7-5+. The van der Waals surface area contributed by atoms with Gasteiger partial charge in [0.1, 0.15) is 0 Å². The highest BCUT2D eigenvalue weighted by Crippen LogP contribution is 2.30. The van der Waals surface area contributed by atoms with Gasteiger partial charge in [-0.1, -0.05) is 35.9 Å². The predicted octanol–water partition coefficient (Wildman–Crippen LogP) is 4.85. The Kier molecular flexibility index (Phi) is 5.71. The second-order valence-corrected chi connectivity index (χ2v) is 4.93. The van der Waals surface area contributed by atoms with Crippen molar-refractivity contribution in [2.45, 2.75) is 6.61 Å². The van der Waals surface area contributed by atoms with Crippen molar-refractivity contribution >= 4 is 23.5 Å². The lowest BCUT2D eigenvalue weighted by atomic mass is 10.1. The molecule has 0 saturated carbocycles. The second kappa shape index (κ2) is 7.74. The molecule has 2 aromatic carbocycles. The summed E-state index contributed by atoms with van der Waals surface area (Å²) in [5.74, 6) is -0.164. The molecule has 0 aliphatic carbocycles. The summed E-state index contributed by atoms with van der Waals surface area (Å²) >= 11 is 5.83. The normalized spacial score (nSPS) is 11.0. The number of rotatable bonds is 6. The van der Waals surface area contributed by atoms with E-state index < -0.39 is 6.61 Å². The lowest BCUT2D eigenvalue weighted by molar-refractivity contribution is -0.0512. The van der Waals surface area contributed by atoms with E-state index in [1.165, 1.54) is 31.4 Å². The lowest BCUT2D eigenvalue weighted by Gasteiger charge is -2.10. The van der Waals surface area contributed by atoms with Crippen LogP contribution in [-0.2, 0) is 0 Å². The number of hydrogen-bond donors (Lipinski definition) is 0. The second-order valence-electron chi connectivity index (χ2n) is 4.50. The highest BCUT2D eigenvalue weighted by atomic mass is 35.5. The number of methoxy groups -OCH3 is 1. The van der Waals surface area contributed by atoms with Crippen LogP contribution in [0.15, 0.2) is 48.5 Å². The summed E-state index contributed by atoms with van der Waals surface area (Å²) < 4.78 is 34.1. The van der Waals surface area contributed by atoms with Crippen LogP contribution in [0.5, 0.6) is 11.5 Å². The Morgan fingerprint density at radius 2 is 1.96 bits per heavy atom. The third-order valence-corrected chi connectivity index (χ3v) is 3.18. The maximum absolute atomic E-state index is 12.4. The number of carbonyl (C=O) groups excluding carboxylic acids is 1. The minimum Gasteiger partial charge on any atom is -0.493 e. The molecule has 0 atom stereocenters. The minimum absolute atomic E-state index is 0.0974. The molecule has 0 N–H and O–H groups in total. The Hall–Kier alpha value is -2.40. The molecule has 0 unspecified atom stereocenters. The van der Waals surface area contributed by atoms with Crippen molar-refractivity contribution < 1.29 is 23.0 Å². The van der Waals surface area contributed by atoms with Gasteiger partial charge in [0, 0.05) is 10.6 Å². The van der Waals surface area contributed by atoms with E-state index in [9.17, 15) is 13.6 Å². The number of ether oxygens (including phenoxy) is 2. The van der Waals surface area contributed by atoms with Gasteiger partial charge in [-0.15, -0.1) is 0 Å². The zero-order chi connectivity index (χ0) is 16.8. The molecule has 2 rings (SSSR count). The van der Waals surface area contributed by atoms with Crippen molar-refractivity contribution in [3.05, 3.63) is 64.7 Å². The van der Waals surface area contributed by atoms with Crippen molar-refractivity contribution in [1.82, 2.24) is 0 Å². The van der Waals surface area contributed by atoms with E-state index >= 15 is 0 Å². The van der Waals surface area contributed by atoms with Crippen molar-refractivity contribution in [3.63, 3.8) is 0 Å². The van der Waals surface area contributed by atoms with Crippen LogP contribution in [0.4, 0.5) is 8.78 Å². The van der Waals surface area contributed by atoms with Crippen molar-refractivity contribution in [2.75, 3.05) is 7.11 Å². The van der Waals surface area contributed by atoms with Gasteiger partial charge in [-0.2, -0.15) is 8.78 Å². The molecule has 0 heterocycles. The van der Waals surface area contributed by atoms with E-state index in [2.05, 4.69) is 4.74 Å². The molecule has 0 radical (unpaired) electrons. The average Bonchev–Trinajstić information content (AvgIpc) is 2.52. The van der Waals surface area contributed by atoms with Gasteiger partial charge in [-0.25, -0.2) is 0 Å². The summed E-state index contributed by atoms with van der Waals surface area (Å²) in [6, 6.07) is 11.0. The van der Waals surface area contributed by atoms with Crippen molar-refractivity contribution in [3.8, 4) is 11.5 Å². The Morgan fingerprint density at radius 1 is 1.17 bits per heavy atom. The highest BCUT2D eigenvalue weighted by molar-refractivity contribution is 6.31. The van der Waals surface area contributed by atoms with Crippen LogP contribution in [-0.4, -0.2) is 19.5 Å². The number of alkyl halides is 2. The molecule has 0 spiro atoms. The largest absolute Gasteiger partial charge is 0.493 e. The molecule has 0 aliphatic heterocycles. The number of allylic oxidation sites excluding steroid dienone is 1. The van der Waals surface area contributed by atoms with Gasteiger partial charge in [0.15, 0.2) is 17.3 Å². The van der Waals surface area contributed by atoms with E-state index in [1.54, 1.807) is 30.3 Å². The van der Waals surface area contributed by atoms with Crippen LogP contribution in [0.2, 0.25) is 5.02 Å². The molecule has 23 heavy (non-hydrogen) atoms. The van der Waals surface area contributed by atoms with E-state index in [1.807, 2.05) is 0 Å². The fourth-order valence-electron chi connectivity index (χ4n) is 1.89. The summed E-state index contributed by atoms with van der Waals surface area (Å²) in [6.45, 7) is -2.96. The van der Waals surface area contributed by atoms with Gasteiger partial charge in [-0.05, 0) is 35.9 Å². The molecular weight excluding hydrogens is 326 g/mol. The molecule has 0 bridgehead atoms. The van der Waals surface area contributed by atoms with Gasteiger partial charge in [0.2, 0.25) is 0 Å². The molecule has 0 aliphatic rings. The first-order valence-corrected chi connectivity index (χ1v) is 6.98. The first-order valence-electron chi connectivity index (χ1n) is 6.60. The van der Waals surface area contributed by atoms with Crippen LogP contribution >= 0.6 is 11.6 Å². The van der Waals surface area contributed by atoms with Gasteiger partial charge in [0.25, 0.3) is 0 Å². The van der Waals surface area contributed by atoms with Crippen LogP contribution in [0, 0.1) is 0 Å². The third kappa shape index (κ3) is 4.79. The first-order chi connectivity index (χ1) is 11.0. The van der Waals surface area contributed by atoms with Gasteiger partial charge in [-0.3, -0.25) is 4.79 Å². The van der Waals surface area contributed by atoms with Gasteiger partial charge >= 0.3 is 6.61 Å². The van der Waals surface area contributed by atoms with E-state index in [-0.39, 0.29) is 17.3 Å². The molecule has 6 heteroatoms. The van der Waals surface area contributed by atoms with Crippen molar-refractivity contribution in [1.29, 1.82) is 0 Å². The number of carbonyl (C=O) groups is 1. The number of benzene rings is 2. The van der Waals surface area contributed by atoms with Crippen LogP contribution in [0.1, 0.15) is 15.9 Å². The lowest BCUT2D eigenvalue weighted by Crippen LogP contribution is -2.03. The van der Waals surface area contributed by atoms with Crippen LogP contribution in [0.25, 0.3) is 6.08 Å². The maximum Gasteiger partial charge on any atom is 0.387 e. The Balaban J connectivity index is 2.20. The predicted molar refractivity (Wildman–Crippen MR) is 84.4 cm³/mol. The molecular formula is C17H13ClF2O3. The monoisotopic (exact) mass is 338 g/mol. The Labute approximate surface area is 137 Å².